The molecule has 5 heteroatoms. The molecular formula is C12H10ClN3O. The molecular weight excluding hydrogens is 238 g/mol. The molecule has 2 aromatic rings. The minimum absolute atomic E-state index is 0.00338. The first-order chi connectivity index (χ1) is 8.09. The van der Waals surface area contributed by atoms with Gasteiger partial charge in [0.1, 0.15) is 5.15 Å². The fraction of sp³-hybridized carbons (Fsp3) is 0. The van der Waals surface area contributed by atoms with E-state index < -0.39 is 5.91 Å². The summed E-state index contributed by atoms with van der Waals surface area (Å²) in [6.07, 6.45) is 0. The molecule has 0 atom stereocenters. The Bertz CT molecular complexity index is 569. The van der Waals surface area contributed by atoms with E-state index in [-0.39, 0.29) is 16.5 Å². The molecule has 1 aromatic heterocycles. The highest BCUT2D eigenvalue weighted by atomic mass is 35.5. The minimum Gasteiger partial charge on any atom is -0.396 e. The molecule has 0 saturated carbocycles. The van der Waals surface area contributed by atoms with Gasteiger partial charge in [-0.1, -0.05) is 41.9 Å². The summed E-state index contributed by atoms with van der Waals surface area (Å²) < 4.78 is 0. The fourth-order valence-electron chi connectivity index (χ4n) is 1.57. The van der Waals surface area contributed by atoms with Crippen LogP contribution in [0.5, 0.6) is 0 Å². The van der Waals surface area contributed by atoms with Crippen molar-refractivity contribution < 1.29 is 4.79 Å². The van der Waals surface area contributed by atoms with Crippen molar-refractivity contribution in [3.8, 4) is 11.1 Å². The molecule has 4 N–H and O–H groups in total. The highest BCUT2D eigenvalue weighted by Crippen LogP contribution is 2.29. The summed E-state index contributed by atoms with van der Waals surface area (Å²) in [5.41, 5.74) is 12.8. The Morgan fingerprint density at radius 3 is 2.47 bits per heavy atom. The van der Waals surface area contributed by atoms with Crippen LogP contribution in [0.3, 0.4) is 0 Å². The van der Waals surface area contributed by atoms with Gasteiger partial charge in [0.05, 0.1) is 5.69 Å². The van der Waals surface area contributed by atoms with Crippen LogP contribution >= 0.6 is 11.6 Å². The number of pyridine rings is 1. The molecule has 1 heterocycles. The monoisotopic (exact) mass is 247 g/mol. The van der Waals surface area contributed by atoms with Crippen LogP contribution in [0.15, 0.2) is 36.4 Å². The molecule has 0 radical (unpaired) electrons. The summed E-state index contributed by atoms with van der Waals surface area (Å²) >= 11 is 5.84. The lowest BCUT2D eigenvalue weighted by molar-refractivity contribution is 0.0996. The lowest BCUT2D eigenvalue weighted by atomic mass is 10.0. The maximum absolute atomic E-state index is 11.2. The molecule has 0 bridgehead atoms. The SMILES string of the molecule is NC(=O)c1nc(Cl)cc(-c2ccccc2)c1N. The maximum Gasteiger partial charge on any atom is 0.269 e. The van der Waals surface area contributed by atoms with Gasteiger partial charge in [0.2, 0.25) is 0 Å². The lowest BCUT2D eigenvalue weighted by Crippen LogP contribution is -2.16. The van der Waals surface area contributed by atoms with Gasteiger partial charge in [-0.3, -0.25) is 4.79 Å². The first-order valence-electron chi connectivity index (χ1n) is 4.91. The van der Waals surface area contributed by atoms with Gasteiger partial charge in [0.25, 0.3) is 5.91 Å². The average Bonchev–Trinajstić information content (AvgIpc) is 2.32. The van der Waals surface area contributed by atoms with Gasteiger partial charge in [-0.05, 0) is 11.6 Å². The molecule has 1 amide bonds. The van der Waals surface area contributed by atoms with E-state index in [1.165, 1.54) is 0 Å². The van der Waals surface area contributed by atoms with Crippen LogP contribution in [0.1, 0.15) is 10.5 Å². The van der Waals surface area contributed by atoms with Crippen molar-refractivity contribution >= 4 is 23.2 Å². The largest absolute Gasteiger partial charge is 0.396 e. The molecule has 0 fully saturated rings. The van der Waals surface area contributed by atoms with E-state index in [0.29, 0.717) is 5.56 Å². The van der Waals surface area contributed by atoms with Gasteiger partial charge in [-0.15, -0.1) is 0 Å². The molecule has 0 aliphatic heterocycles. The Morgan fingerprint density at radius 2 is 1.88 bits per heavy atom. The Kier molecular flexibility index (Phi) is 2.97. The molecule has 4 nitrogen and oxygen atoms in total. The molecule has 0 aliphatic carbocycles. The number of amides is 1. The average molecular weight is 248 g/mol. The van der Waals surface area contributed by atoms with Crippen LogP contribution in [-0.2, 0) is 0 Å². The van der Waals surface area contributed by atoms with E-state index in [9.17, 15) is 4.79 Å². The number of carbonyl (C=O) groups excluding carboxylic acids is 1. The maximum atomic E-state index is 11.2. The molecule has 0 unspecified atom stereocenters. The number of hydrogen-bond acceptors (Lipinski definition) is 3. The van der Waals surface area contributed by atoms with E-state index in [2.05, 4.69) is 4.98 Å². The lowest BCUT2D eigenvalue weighted by Gasteiger charge is -2.09. The number of aromatic nitrogens is 1. The second kappa shape index (κ2) is 4.43. The topological polar surface area (TPSA) is 82.0 Å². The summed E-state index contributed by atoms with van der Waals surface area (Å²) in [6.45, 7) is 0. The second-order valence-electron chi connectivity index (χ2n) is 3.49. The number of rotatable bonds is 2. The zero-order valence-corrected chi connectivity index (χ0v) is 9.61. The summed E-state index contributed by atoms with van der Waals surface area (Å²) in [6, 6.07) is 11.0. The van der Waals surface area contributed by atoms with Gasteiger partial charge in [-0.25, -0.2) is 4.98 Å². The van der Waals surface area contributed by atoms with Crippen molar-refractivity contribution in [1.82, 2.24) is 4.98 Å². The first-order valence-corrected chi connectivity index (χ1v) is 5.28. The molecule has 0 saturated heterocycles. The summed E-state index contributed by atoms with van der Waals surface area (Å²) in [5.74, 6) is -0.692. The van der Waals surface area contributed by atoms with Crippen molar-refractivity contribution in [2.24, 2.45) is 5.73 Å². The van der Waals surface area contributed by atoms with E-state index >= 15 is 0 Å². The Morgan fingerprint density at radius 1 is 1.24 bits per heavy atom. The van der Waals surface area contributed by atoms with Crippen LogP contribution in [0, 0.1) is 0 Å². The van der Waals surface area contributed by atoms with Crippen LogP contribution in [0.4, 0.5) is 5.69 Å². The third kappa shape index (κ3) is 2.21. The first kappa shape index (κ1) is 11.4. The van der Waals surface area contributed by atoms with Gasteiger partial charge < -0.3 is 11.5 Å². The summed E-state index contributed by atoms with van der Waals surface area (Å²) in [4.78, 5) is 15.0. The number of nitrogen functional groups attached to an aromatic ring is 1. The van der Waals surface area contributed by atoms with E-state index in [4.69, 9.17) is 23.1 Å². The van der Waals surface area contributed by atoms with Crippen LogP contribution in [0.25, 0.3) is 11.1 Å². The molecule has 86 valence electrons. The van der Waals surface area contributed by atoms with Crippen molar-refractivity contribution in [3.63, 3.8) is 0 Å². The standard InChI is InChI=1S/C12H10ClN3O/c13-9-6-8(7-4-2-1-3-5-7)10(14)11(16-9)12(15)17/h1-6H,14H2,(H2,15,17). The van der Waals surface area contributed by atoms with Crippen molar-refractivity contribution in [1.29, 1.82) is 0 Å². The van der Waals surface area contributed by atoms with Gasteiger partial charge >= 0.3 is 0 Å². The number of benzene rings is 1. The van der Waals surface area contributed by atoms with E-state index in [1.54, 1.807) is 6.07 Å². The predicted octanol–water partition coefficient (Wildman–Crippen LogP) is 2.08. The summed E-state index contributed by atoms with van der Waals surface area (Å²) in [5, 5.41) is 0.187. The number of nitrogens with two attached hydrogens (primary N) is 2. The van der Waals surface area contributed by atoms with Crippen molar-refractivity contribution in [3.05, 3.63) is 47.2 Å². The second-order valence-corrected chi connectivity index (χ2v) is 3.87. The zero-order chi connectivity index (χ0) is 12.4. The van der Waals surface area contributed by atoms with Gasteiger partial charge in [0, 0.05) is 5.56 Å². The Balaban J connectivity index is 2.67. The molecule has 0 aliphatic rings. The number of anilines is 1. The van der Waals surface area contributed by atoms with Crippen LogP contribution < -0.4 is 11.5 Å². The smallest absolute Gasteiger partial charge is 0.269 e. The highest BCUT2D eigenvalue weighted by Gasteiger charge is 2.14. The molecule has 17 heavy (non-hydrogen) atoms. The molecule has 2 rings (SSSR count). The highest BCUT2D eigenvalue weighted by molar-refractivity contribution is 6.30. The number of carbonyl (C=O) groups is 1. The third-order valence-electron chi connectivity index (χ3n) is 2.35. The number of halogens is 1. The molecule has 1 aromatic carbocycles. The van der Waals surface area contributed by atoms with E-state index in [1.807, 2.05) is 30.3 Å². The minimum atomic E-state index is -0.692. The quantitative estimate of drug-likeness (QED) is 0.797. The number of hydrogen-bond donors (Lipinski definition) is 2. The fourth-order valence-corrected chi connectivity index (χ4v) is 1.76. The van der Waals surface area contributed by atoms with Crippen molar-refractivity contribution in [2.45, 2.75) is 0 Å². The molecule has 0 spiro atoms. The Labute approximate surface area is 103 Å². The zero-order valence-electron chi connectivity index (χ0n) is 8.85. The van der Waals surface area contributed by atoms with Crippen LogP contribution in [0.2, 0.25) is 5.15 Å². The van der Waals surface area contributed by atoms with Crippen molar-refractivity contribution in [2.75, 3.05) is 5.73 Å². The Hall–Kier alpha value is -2.07. The summed E-state index contributed by atoms with van der Waals surface area (Å²) in [7, 11) is 0. The van der Waals surface area contributed by atoms with Gasteiger partial charge in [-0.2, -0.15) is 0 Å². The predicted molar refractivity (Wildman–Crippen MR) is 67.6 cm³/mol. The van der Waals surface area contributed by atoms with Gasteiger partial charge in [0.15, 0.2) is 5.69 Å². The number of nitrogens with zero attached hydrogens (tertiary/aromatic N) is 1. The normalized spacial score (nSPS) is 10.2. The number of primary amides is 1. The van der Waals surface area contributed by atoms with E-state index in [0.717, 1.165) is 5.56 Å². The van der Waals surface area contributed by atoms with Crippen LogP contribution in [-0.4, -0.2) is 10.9 Å². The third-order valence-corrected chi connectivity index (χ3v) is 2.54.